The zero-order valence-corrected chi connectivity index (χ0v) is 20.0. The van der Waals surface area contributed by atoms with Crippen molar-refractivity contribution in [2.24, 2.45) is 5.92 Å². The lowest BCUT2D eigenvalue weighted by molar-refractivity contribution is -0.384. The third-order valence-electron chi connectivity index (χ3n) is 6.45. The number of fused-ring (bicyclic) bond motifs is 1. The molecule has 3 heterocycles. The van der Waals surface area contributed by atoms with Gasteiger partial charge in [0.25, 0.3) is 5.69 Å². The molecule has 1 saturated heterocycles. The van der Waals surface area contributed by atoms with E-state index in [0.717, 1.165) is 61.7 Å². The van der Waals surface area contributed by atoms with Crippen LogP contribution in [-0.4, -0.2) is 57.2 Å². The third kappa shape index (κ3) is 5.61. The van der Waals surface area contributed by atoms with Gasteiger partial charge >= 0.3 is 0 Å². The molecule has 0 radical (unpaired) electrons. The molecule has 2 aromatic heterocycles. The average molecular weight is 467 g/mol. The molecule has 0 aliphatic carbocycles. The Morgan fingerprint density at radius 2 is 1.94 bits per heavy atom. The molecule has 1 aromatic carbocycles. The second-order valence-corrected chi connectivity index (χ2v) is 8.87. The van der Waals surface area contributed by atoms with Crippen LogP contribution in [-0.2, 0) is 6.54 Å². The van der Waals surface area contributed by atoms with Crippen LogP contribution >= 0.6 is 0 Å². The van der Waals surface area contributed by atoms with Crippen LogP contribution < -0.4 is 15.5 Å². The highest BCUT2D eigenvalue weighted by Gasteiger charge is 2.20. The first kappa shape index (κ1) is 23.9. The normalized spacial score (nSPS) is 14.9. The molecule has 2 N–H and O–H groups in total. The molecule has 34 heavy (non-hydrogen) atoms. The molecule has 182 valence electrons. The van der Waals surface area contributed by atoms with Crippen molar-refractivity contribution in [3.05, 3.63) is 46.3 Å². The number of piperazine rings is 1. The second kappa shape index (κ2) is 11.2. The van der Waals surface area contributed by atoms with Gasteiger partial charge in [-0.2, -0.15) is 9.97 Å². The number of imidazole rings is 1. The summed E-state index contributed by atoms with van der Waals surface area (Å²) in [5.74, 6) is 2.08. The van der Waals surface area contributed by atoms with Gasteiger partial charge in [0.15, 0.2) is 17.0 Å². The summed E-state index contributed by atoms with van der Waals surface area (Å²) in [4.78, 5) is 27.2. The maximum atomic E-state index is 11.0. The lowest BCUT2D eigenvalue weighted by Crippen LogP contribution is -2.44. The highest BCUT2D eigenvalue weighted by molar-refractivity contribution is 5.84. The van der Waals surface area contributed by atoms with E-state index in [-0.39, 0.29) is 10.6 Å². The Kier molecular flexibility index (Phi) is 7.89. The number of anilines is 2. The van der Waals surface area contributed by atoms with Crippen molar-refractivity contribution in [2.45, 2.75) is 46.1 Å². The van der Waals surface area contributed by atoms with E-state index in [4.69, 9.17) is 9.97 Å². The van der Waals surface area contributed by atoms with Crippen LogP contribution in [0.15, 0.2) is 30.6 Å². The van der Waals surface area contributed by atoms with Crippen LogP contribution in [0.3, 0.4) is 0 Å². The molecular formula is C24H34N8O2. The molecule has 4 rings (SSSR count). The van der Waals surface area contributed by atoms with Crippen molar-refractivity contribution in [1.29, 1.82) is 0 Å². The Morgan fingerprint density at radius 3 is 2.62 bits per heavy atom. The smallest absolute Gasteiger partial charge is 0.269 e. The molecule has 10 heteroatoms. The van der Waals surface area contributed by atoms with Crippen LogP contribution in [0.2, 0.25) is 0 Å². The highest BCUT2D eigenvalue weighted by Crippen LogP contribution is 2.25. The van der Waals surface area contributed by atoms with E-state index in [2.05, 4.69) is 34.4 Å². The summed E-state index contributed by atoms with van der Waals surface area (Å²) in [7, 11) is 0. The lowest BCUT2D eigenvalue weighted by Gasteiger charge is -2.27. The zero-order chi connectivity index (χ0) is 23.9. The SMILES string of the molecule is CCCCC(CC)CNc1nc(N2CCNCC2)nc2c1ncn2Cc1ccc([N+](=O)[O-])cc1. The number of rotatable bonds is 11. The van der Waals surface area contributed by atoms with E-state index in [1.54, 1.807) is 18.5 Å². The van der Waals surface area contributed by atoms with Gasteiger partial charge in [-0.15, -0.1) is 0 Å². The quantitative estimate of drug-likeness (QED) is 0.324. The van der Waals surface area contributed by atoms with E-state index in [0.29, 0.717) is 18.4 Å². The maximum absolute atomic E-state index is 11.0. The molecule has 1 unspecified atom stereocenters. The van der Waals surface area contributed by atoms with Crippen LogP contribution in [0.5, 0.6) is 0 Å². The number of hydrogen-bond donors (Lipinski definition) is 2. The second-order valence-electron chi connectivity index (χ2n) is 8.87. The topological polar surface area (TPSA) is 114 Å². The summed E-state index contributed by atoms with van der Waals surface area (Å²) >= 11 is 0. The van der Waals surface area contributed by atoms with Gasteiger partial charge in [-0.25, -0.2) is 4.98 Å². The average Bonchev–Trinajstić information content (AvgIpc) is 3.27. The molecule has 0 saturated carbocycles. The van der Waals surface area contributed by atoms with Gasteiger partial charge in [-0.1, -0.05) is 45.2 Å². The van der Waals surface area contributed by atoms with E-state index < -0.39 is 0 Å². The maximum Gasteiger partial charge on any atom is 0.269 e. The predicted octanol–water partition coefficient (Wildman–Crippen LogP) is 3.82. The van der Waals surface area contributed by atoms with Crippen molar-refractivity contribution in [3.8, 4) is 0 Å². The first-order chi connectivity index (χ1) is 16.6. The van der Waals surface area contributed by atoms with Crippen molar-refractivity contribution in [1.82, 2.24) is 24.8 Å². The summed E-state index contributed by atoms with van der Waals surface area (Å²) in [5, 5.41) is 17.9. The molecule has 1 aliphatic rings. The standard InChI is InChI=1S/C24H34N8O2/c1-3-5-6-18(4-2)15-26-22-21-23(29-24(28-22)30-13-11-25-12-14-30)31(17-27-21)16-19-7-9-20(10-8-19)32(33)34/h7-10,17-18,25H,3-6,11-16H2,1-2H3,(H,26,28,29). The Balaban J connectivity index is 1.63. The van der Waals surface area contributed by atoms with Crippen molar-refractivity contribution in [3.63, 3.8) is 0 Å². The molecule has 0 bridgehead atoms. The summed E-state index contributed by atoms with van der Waals surface area (Å²) in [6.45, 7) is 9.38. The van der Waals surface area contributed by atoms with Crippen LogP contribution in [0.25, 0.3) is 11.2 Å². The van der Waals surface area contributed by atoms with Crippen LogP contribution in [0, 0.1) is 16.0 Å². The van der Waals surface area contributed by atoms with E-state index in [1.165, 1.54) is 31.4 Å². The molecular weight excluding hydrogens is 432 g/mol. The Labute approximate surface area is 199 Å². The minimum Gasteiger partial charge on any atom is -0.368 e. The molecule has 3 aromatic rings. The number of nitrogens with one attached hydrogen (secondary N) is 2. The molecule has 10 nitrogen and oxygen atoms in total. The highest BCUT2D eigenvalue weighted by atomic mass is 16.6. The zero-order valence-electron chi connectivity index (χ0n) is 20.0. The van der Waals surface area contributed by atoms with Crippen LogP contribution in [0.1, 0.15) is 45.1 Å². The Hall–Kier alpha value is -3.27. The fraction of sp³-hybridized carbons (Fsp3) is 0.542. The molecule has 0 spiro atoms. The Bertz CT molecular complexity index is 1090. The minimum absolute atomic E-state index is 0.0857. The first-order valence-electron chi connectivity index (χ1n) is 12.2. The fourth-order valence-corrected chi connectivity index (χ4v) is 4.28. The number of nitrogens with zero attached hydrogens (tertiary/aromatic N) is 6. The molecule has 1 aliphatic heterocycles. The summed E-state index contributed by atoms with van der Waals surface area (Å²) < 4.78 is 1.99. The van der Waals surface area contributed by atoms with E-state index >= 15 is 0 Å². The van der Waals surface area contributed by atoms with Crippen molar-refractivity contribution in [2.75, 3.05) is 42.9 Å². The van der Waals surface area contributed by atoms with E-state index in [1.807, 2.05) is 4.57 Å². The van der Waals surface area contributed by atoms with Crippen molar-refractivity contribution >= 4 is 28.6 Å². The Morgan fingerprint density at radius 1 is 1.18 bits per heavy atom. The number of nitro benzene ring substituents is 1. The minimum atomic E-state index is -0.384. The largest absolute Gasteiger partial charge is 0.368 e. The number of unbranched alkanes of at least 4 members (excludes halogenated alkanes) is 1. The number of aromatic nitrogens is 4. The fourth-order valence-electron chi connectivity index (χ4n) is 4.28. The number of benzene rings is 1. The number of hydrogen-bond acceptors (Lipinski definition) is 8. The first-order valence-corrected chi connectivity index (χ1v) is 12.2. The summed E-state index contributed by atoms with van der Waals surface area (Å²) in [6, 6.07) is 6.62. The van der Waals surface area contributed by atoms with Gasteiger partial charge in [0.2, 0.25) is 5.95 Å². The number of nitro groups is 1. The summed E-state index contributed by atoms with van der Waals surface area (Å²) in [5.41, 5.74) is 2.56. The van der Waals surface area contributed by atoms with Gasteiger partial charge in [-0.3, -0.25) is 10.1 Å². The van der Waals surface area contributed by atoms with Gasteiger partial charge in [0, 0.05) is 44.9 Å². The summed E-state index contributed by atoms with van der Waals surface area (Å²) in [6.07, 6.45) is 6.54. The van der Waals surface area contributed by atoms with Gasteiger partial charge in [0.05, 0.1) is 17.8 Å². The third-order valence-corrected chi connectivity index (χ3v) is 6.45. The van der Waals surface area contributed by atoms with Crippen molar-refractivity contribution < 1.29 is 4.92 Å². The molecule has 1 fully saturated rings. The molecule has 1 atom stereocenters. The van der Waals surface area contributed by atoms with Gasteiger partial charge in [0.1, 0.15) is 0 Å². The predicted molar refractivity (Wildman–Crippen MR) is 134 cm³/mol. The van der Waals surface area contributed by atoms with E-state index in [9.17, 15) is 10.1 Å². The monoisotopic (exact) mass is 466 g/mol. The van der Waals surface area contributed by atoms with Gasteiger partial charge < -0.3 is 20.1 Å². The number of non-ortho nitro benzene ring substituents is 1. The van der Waals surface area contributed by atoms with Crippen LogP contribution in [0.4, 0.5) is 17.5 Å². The van der Waals surface area contributed by atoms with Gasteiger partial charge in [-0.05, 0) is 17.9 Å². The lowest BCUT2D eigenvalue weighted by atomic mass is 9.99. The molecule has 0 amide bonds.